The van der Waals surface area contributed by atoms with Gasteiger partial charge in [0.05, 0.1) is 5.75 Å². The van der Waals surface area contributed by atoms with Crippen LogP contribution in [0.3, 0.4) is 0 Å². The van der Waals surface area contributed by atoms with E-state index in [4.69, 9.17) is 0 Å². The normalized spacial score (nSPS) is 10.5. The number of aromatic nitrogens is 2. The lowest BCUT2D eigenvalue weighted by Crippen LogP contribution is -2.13. The zero-order valence-corrected chi connectivity index (χ0v) is 13.7. The molecule has 0 atom stereocenters. The van der Waals surface area contributed by atoms with E-state index >= 15 is 0 Å². The molecule has 0 spiro atoms. The van der Waals surface area contributed by atoms with E-state index in [1.54, 1.807) is 6.08 Å². The Morgan fingerprint density at radius 2 is 2.18 bits per heavy atom. The Balaban J connectivity index is 1.85. The quantitative estimate of drug-likeness (QED) is 0.463. The van der Waals surface area contributed by atoms with Crippen LogP contribution in [0.15, 0.2) is 40.1 Å². The summed E-state index contributed by atoms with van der Waals surface area (Å²) in [6.07, 6.45) is 1.75. The smallest absolute Gasteiger partial charge is 0.236 e. The number of carbonyl (C=O) groups is 1. The van der Waals surface area contributed by atoms with E-state index in [-0.39, 0.29) is 16.6 Å². The van der Waals surface area contributed by atoms with Gasteiger partial charge in [0.1, 0.15) is 11.6 Å². The third-order valence-corrected chi connectivity index (χ3v) is 5.25. The largest absolute Gasteiger partial charge is 0.300 e. The van der Waals surface area contributed by atoms with Crippen LogP contribution in [-0.2, 0) is 4.79 Å². The maximum absolute atomic E-state index is 13.4. The standard InChI is InChI=1S/C13H11F2N3OS3/c1-2-5-20-13-18-17-12(22-13)16-11(19)7-21-10-4-3-8(14)6-9(10)15/h2-4,6H,1,5,7H2,(H,16,17,19). The zero-order chi connectivity index (χ0) is 15.9. The topological polar surface area (TPSA) is 54.9 Å². The average Bonchev–Trinajstić information content (AvgIpc) is 2.91. The third-order valence-electron chi connectivity index (χ3n) is 2.23. The maximum Gasteiger partial charge on any atom is 0.236 e. The molecule has 1 N–H and O–H groups in total. The fourth-order valence-corrected chi connectivity index (χ4v) is 3.59. The minimum Gasteiger partial charge on any atom is -0.300 e. The van der Waals surface area contributed by atoms with Crippen LogP contribution in [0.4, 0.5) is 13.9 Å². The van der Waals surface area contributed by atoms with E-state index in [0.29, 0.717) is 10.9 Å². The summed E-state index contributed by atoms with van der Waals surface area (Å²) >= 11 is 3.71. The molecule has 1 aromatic heterocycles. The van der Waals surface area contributed by atoms with Crippen molar-refractivity contribution in [2.75, 3.05) is 16.8 Å². The number of amides is 1. The molecule has 116 valence electrons. The first-order valence-corrected chi connectivity index (χ1v) is 8.82. The Bertz CT molecular complexity index is 678. The second-order valence-electron chi connectivity index (χ2n) is 3.88. The van der Waals surface area contributed by atoms with Crippen molar-refractivity contribution in [3.63, 3.8) is 0 Å². The lowest BCUT2D eigenvalue weighted by atomic mass is 10.3. The van der Waals surface area contributed by atoms with Gasteiger partial charge in [0.25, 0.3) is 0 Å². The van der Waals surface area contributed by atoms with Crippen LogP contribution in [0.1, 0.15) is 0 Å². The summed E-state index contributed by atoms with van der Waals surface area (Å²) in [5, 5.41) is 10.7. The second-order valence-corrected chi connectivity index (χ2v) is 7.15. The van der Waals surface area contributed by atoms with Crippen LogP contribution < -0.4 is 5.32 Å². The van der Waals surface area contributed by atoms with Gasteiger partial charge in [0, 0.05) is 16.7 Å². The maximum atomic E-state index is 13.4. The van der Waals surface area contributed by atoms with Crippen molar-refractivity contribution in [3.8, 4) is 0 Å². The summed E-state index contributed by atoms with van der Waals surface area (Å²) in [5.74, 6) is -0.953. The molecular weight excluding hydrogens is 348 g/mol. The van der Waals surface area contributed by atoms with Crippen molar-refractivity contribution < 1.29 is 13.6 Å². The molecule has 0 bridgehead atoms. The van der Waals surface area contributed by atoms with Crippen molar-refractivity contribution in [2.45, 2.75) is 9.24 Å². The van der Waals surface area contributed by atoms with E-state index in [1.165, 1.54) is 29.2 Å². The Morgan fingerprint density at radius 1 is 1.36 bits per heavy atom. The number of rotatable bonds is 7. The number of hydrogen-bond donors (Lipinski definition) is 1. The number of benzene rings is 1. The van der Waals surface area contributed by atoms with Gasteiger partial charge >= 0.3 is 0 Å². The van der Waals surface area contributed by atoms with E-state index in [2.05, 4.69) is 22.1 Å². The molecule has 2 rings (SSSR count). The highest BCUT2D eigenvalue weighted by Gasteiger charge is 2.11. The Morgan fingerprint density at radius 3 is 2.91 bits per heavy atom. The molecule has 1 heterocycles. The van der Waals surface area contributed by atoms with Crippen LogP contribution in [0.25, 0.3) is 0 Å². The zero-order valence-electron chi connectivity index (χ0n) is 11.2. The van der Waals surface area contributed by atoms with Gasteiger partial charge in [-0.1, -0.05) is 29.2 Å². The summed E-state index contributed by atoms with van der Waals surface area (Å²) in [6.45, 7) is 3.61. The molecule has 0 saturated heterocycles. The number of anilines is 1. The molecule has 0 aliphatic carbocycles. The highest BCUT2D eigenvalue weighted by atomic mass is 32.2. The van der Waals surface area contributed by atoms with Gasteiger partial charge in [-0.25, -0.2) is 8.78 Å². The number of carbonyl (C=O) groups excluding carboxylic acids is 1. The molecule has 1 aromatic carbocycles. The lowest BCUT2D eigenvalue weighted by molar-refractivity contribution is -0.113. The first-order chi connectivity index (χ1) is 10.6. The summed E-state index contributed by atoms with van der Waals surface area (Å²) in [4.78, 5) is 12.0. The Hall–Kier alpha value is -1.45. The minimum absolute atomic E-state index is 0.00271. The summed E-state index contributed by atoms with van der Waals surface area (Å²) < 4.78 is 26.9. The molecule has 22 heavy (non-hydrogen) atoms. The number of nitrogens with zero attached hydrogens (tertiary/aromatic N) is 2. The van der Waals surface area contributed by atoms with E-state index < -0.39 is 11.6 Å². The van der Waals surface area contributed by atoms with Gasteiger partial charge in [-0.3, -0.25) is 10.1 Å². The Kier molecular flexibility index (Phi) is 6.34. The van der Waals surface area contributed by atoms with E-state index in [1.807, 2.05) is 0 Å². The molecular formula is C13H11F2N3OS3. The van der Waals surface area contributed by atoms with Crippen LogP contribution in [0.5, 0.6) is 0 Å². The van der Waals surface area contributed by atoms with Crippen LogP contribution in [-0.4, -0.2) is 27.6 Å². The van der Waals surface area contributed by atoms with Crippen LogP contribution >= 0.6 is 34.9 Å². The fourth-order valence-electron chi connectivity index (χ4n) is 1.34. The first-order valence-electron chi connectivity index (χ1n) is 6.03. The van der Waals surface area contributed by atoms with Gasteiger partial charge in [0.15, 0.2) is 4.34 Å². The third kappa shape index (κ3) is 5.08. The lowest BCUT2D eigenvalue weighted by Gasteiger charge is -2.03. The van der Waals surface area contributed by atoms with Crippen LogP contribution in [0, 0.1) is 11.6 Å². The van der Waals surface area contributed by atoms with Gasteiger partial charge in [0.2, 0.25) is 11.0 Å². The number of thioether (sulfide) groups is 2. The molecule has 1 amide bonds. The predicted molar refractivity (Wildman–Crippen MR) is 86.5 cm³/mol. The highest BCUT2D eigenvalue weighted by Crippen LogP contribution is 2.26. The summed E-state index contributed by atoms with van der Waals surface area (Å²) in [6, 6.07) is 3.24. The van der Waals surface area contributed by atoms with Crippen molar-refractivity contribution in [1.29, 1.82) is 0 Å². The molecule has 0 aliphatic rings. The predicted octanol–water partition coefficient (Wildman–Crippen LogP) is 3.83. The van der Waals surface area contributed by atoms with Crippen molar-refractivity contribution >= 4 is 45.9 Å². The summed E-state index contributed by atoms with van der Waals surface area (Å²) in [7, 11) is 0. The number of nitrogens with one attached hydrogen (secondary N) is 1. The molecule has 0 fully saturated rings. The molecule has 0 saturated carbocycles. The van der Waals surface area contributed by atoms with Crippen molar-refractivity contribution in [1.82, 2.24) is 10.2 Å². The second kappa shape index (κ2) is 8.25. The number of hydrogen-bond acceptors (Lipinski definition) is 6. The van der Waals surface area contributed by atoms with Gasteiger partial charge in [-0.2, -0.15) is 0 Å². The molecule has 2 aromatic rings. The molecule has 4 nitrogen and oxygen atoms in total. The van der Waals surface area contributed by atoms with Gasteiger partial charge in [-0.05, 0) is 12.1 Å². The van der Waals surface area contributed by atoms with Crippen LogP contribution in [0.2, 0.25) is 0 Å². The fraction of sp³-hybridized carbons (Fsp3) is 0.154. The Labute approximate surface area is 138 Å². The highest BCUT2D eigenvalue weighted by molar-refractivity contribution is 8.01. The number of halogens is 2. The molecule has 0 aliphatic heterocycles. The van der Waals surface area contributed by atoms with Gasteiger partial charge < -0.3 is 0 Å². The minimum atomic E-state index is -0.683. The van der Waals surface area contributed by atoms with Crippen molar-refractivity contribution in [2.24, 2.45) is 0 Å². The molecule has 9 heteroatoms. The first kappa shape index (κ1) is 16.9. The molecule has 0 unspecified atom stereocenters. The average molecular weight is 359 g/mol. The molecule has 0 radical (unpaired) electrons. The van der Waals surface area contributed by atoms with E-state index in [9.17, 15) is 13.6 Å². The van der Waals surface area contributed by atoms with Crippen molar-refractivity contribution in [3.05, 3.63) is 42.5 Å². The van der Waals surface area contributed by atoms with Gasteiger partial charge in [-0.15, -0.1) is 28.5 Å². The monoisotopic (exact) mass is 359 g/mol. The SMILES string of the molecule is C=CCSc1nnc(NC(=O)CSc2ccc(F)cc2F)s1. The summed E-state index contributed by atoms with van der Waals surface area (Å²) in [5.41, 5.74) is 0. The van der Waals surface area contributed by atoms with E-state index in [0.717, 1.165) is 28.2 Å².